The molecule has 6 nitrogen and oxygen atoms in total. The minimum atomic E-state index is 0.429. The lowest BCUT2D eigenvalue weighted by atomic mass is 10.2. The molecule has 0 saturated carbocycles. The van der Waals surface area contributed by atoms with Crippen molar-refractivity contribution in [2.75, 3.05) is 19.8 Å². The largest absolute Gasteiger partial charge is 0.378 e. The molecule has 1 heterocycles. The van der Waals surface area contributed by atoms with E-state index in [0.29, 0.717) is 25.2 Å². The average Bonchev–Trinajstić information content (AvgIpc) is 2.80. The molecule has 0 unspecified atom stereocenters. The number of aromatic nitrogens is 3. The molecular weight excluding hydrogens is 242 g/mol. The van der Waals surface area contributed by atoms with Crippen LogP contribution in [0.2, 0.25) is 0 Å². The van der Waals surface area contributed by atoms with E-state index >= 15 is 0 Å². The molecule has 1 aromatic rings. The van der Waals surface area contributed by atoms with Crippen LogP contribution in [-0.2, 0) is 17.8 Å². The van der Waals surface area contributed by atoms with Crippen molar-refractivity contribution in [2.24, 2.45) is 5.73 Å². The third kappa shape index (κ3) is 5.67. The predicted molar refractivity (Wildman–Crippen MR) is 75.7 cm³/mol. The maximum absolute atomic E-state index is 5.65. The lowest BCUT2D eigenvalue weighted by molar-refractivity contribution is 0.0731. The fourth-order valence-electron chi connectivity index (χ4n) is 2.08. The standard InChI is InChI=1S/C13H27N5O/c1-11(2)18(12(3)4)6-8-19-7-5-17-10-13(9-14)15-16-17/h10-12H,5-9,14H2,1-4H3. The summed E-state index contributed by atoms with van der Waals surface area (Å²) in [6.45, 7) is 12.4. The fourth-order valence-corrected chi connectivity index (χ4v) is 2.08. The summed E-state index contributed by atoms with van der Waals surface area (Å²) < 4.78 is 7.42. The highest BCUT2D eigenvalue weighted by molar-refractivity contribution is 4.90. The van der Waals surface area contributed by atoms with Crippen molar-refractivity contribution in [3.63, 3.8) is 0 Å². The van der Waals surface area contributed by atoms with E-state index in [1.54, 1.807) is 4.68 Å². The molecule has 1 rings (SSSR count). The number of rotatable bonds is 9. The molecule has 0 saturated heterocycles. The molecule has 110 valence electrons. The maximum Gasteiger partial charge on any atom is 0.0962 e. The van der Waals surface area contributed by atoms with Gasteiger partial charge in [-0.25, -0.2) is 4.68 Å². The maximum atomic E-state index is 5.65. The number of nitrogens with zero attached hydrogens (tertiary/aromatic N) is 4. The van der Waals surface area contributed by atoms with Crippen LogP contribution in [0.1, 0.15) is 33.4 Å². The highest BCUT2D eigenvalue weighted by Crippen LogP contribution is 2.03. The minimum absolute atomic E-state index is 0.429. The molecule has 1 aromatic heterocycles. The Balaban J connectivity index is 2.16. The van der Waals surface area contributed by atoms with Gasteiger partial charge in [0.1, 0.15) is 0 Å². The van der Waals surface area contributed by atoms with E-state index < -0.39 is 0 Å². The van der Waals surface area contributed by atoms with Crippen molar-refractivity contribution >= 4 is 0 Å². The van der Waals surface area contributed by atoms with Gasteiger partial charge < -0.3 is 10.5 Å². The highest BCUT2D eigenvalue weighted by atomic mass is 16.5. The molecule has 0 aliphatic heterocycles. The lowest BCUT2D eigenvalue weighted by Gasteiger charge is -2.30. The monoisotopic (exact) mass is 269 g/mol. The van der Waals surface area contributed by atoms with Gasteiger partial charge in [0.25, 0.3) is 0 Å². The first kappa shape index (κ1) is 16.1. The first-order chi connectivity index (χ1) is 9.04. The van der Waals surface area contributed by atoms with Gasteiger partial charge in [-0.2, -0.15) is 0 Å². The van der Waals surface area contributed by atoms with Crippen molar-refractivity contribution < 1.29 is 4.74 Å². The summed E-state index contributed by atoms with van der Waals surface area (Å²) in [7, 11) is 0. The van der Waals surface area contributed by atoms with Crippen molar-refractivity contribution in [1.29, 1.82) is 0 Å². The van der Waals surface area contributed by atoms with Gasteiger partial charge in [0.05, 0.1) is 25.5 Å². The molecule has 0 aliphatic carbocycles. The molecule has 0 radical (unpaired) electrons. The molecule has 2 N–H and O–H groups in total. The Morgan fingerprint density at radius 1 is 1.26 bits per heavy atom. The van der Waals surface area contributed by atoms with E-state index in [0.717, 1.165) is 25.4 Å². The van der Waals surface area contributed by atoms with Crippen LogP contribution in [0, 0.1) is 0 Å². The van der Waals surface area contributed by atoms with Gasteiger partial charge in [-0.15, -0.1) is 5.10 Å². The third-order valence-corrected chi connectivity index (χ3v) is 3.08. The van der Waals surface area contributed by atoms with Gasteiger partial charge in [-0.05, 0) is 27.7 Å². The van der Waals surface area contributed by atoms with Crippen LogP contribution in [0.4, 0.5) is 0 Å². The van der Waals surface area contributed by atoms with Gasteiger partial charge in [-0.3, -0.25) is 4.90 Å². The fraction of sp³-hybridized carbons (Fsp3) is 0.846. The SMILES string of the molecule is CC(C)N(CCOCCn1cc(CN)nn1)C(C)C. The van der Waals surface area contributed by atoms with Crippen LogP contribution >= 0.6 is 0 Å². The molecule has 0 atom stereocenters. The Kier molecular flexibility index (Phi) is 6.97. The molecule has 6 heteroatoms. The van der Waals surface area contributed by atoms with Crippen molar-refractivity contribution in [3.05, 3.63) is 11.9 Å². The van der Waals surface area contributed by atoms with E-state index in [1.165, 1.54) is 0 Å². The van der Waals surface area contributed by atoms with Crippen LogP contribution in [-0.4, -0.2) is 51.7 Å². The minimum Gasteiger partial charge on any atom is -0.378 e. The van der Waals surface area contributed by atoms with E-state index in [-0.39, 0.29) is 0 Å². The quantitative estimate of drug-likeness (QED) is 0.674. The number of nitrogens with two attached hydrogens (primary N) is 1. The second-order valence-corrected chi connectivity index (χ2v) is 5.21. The Labute approximate surface area is 115 Å². The Hall–Kier alpha value is -0.980. The van der Waals surface area contributed by atoms with Gasteiger partial charge in [0, 0.05) is 31.4 Å². The Bertz CT molecular complexity index is 343. The molecule has 0 fully saturated rings. The van der Waals surface area contributed by atoms with Gasteiger partial charge >= 0.3 is 0 Å². The zero-order valence-electron chi connectivity index (χ0n) is 12.5. The van der Waals surface area contributed by atoms with Crippen LogP contribution in [0.25, 0.3) is 0 Å². The van der Waals surface area contributed by atoms with Crippen molar-refractivity contribution in [2.45, 2.75) is 52.9 Å². The van der Waals surface area contributed by atoms with E-state index in [4.69, 9.17) is 10.5 Å². The second-order valence-electron chi connectivity index (χ2n) is 5.21. The molecule has 0 amide bonds. The lowest BCUT2D eigenvalue weighted by Crippen LogP contribution is -2.39. The summed E-state index contributed by atoms with van der Waals surface area (Å²) in [6, 6.07) is 1.09. The molecule has 0 bridgehead atoms. The van der Waals surface area contributed by atoms with E-state index in [9.17, 15) is 0 Å². The van der Waals surface area contributed by atoms with Crippen molar-refractivity contribution in [1.82, 2.24) is 19.9 Å². The highest BCUT2D eigenvalue weighted by Gasteiger charge is 2.12. The van der Waals surface area contributed by atoms with Gasteiger partial charge in [0.15, 0.2) is 0 Å². The van der Waals surface area contributed by atoms with Gasteiger partial charge in [0.2, 0.25) is 0 Å². The zero-order chi connectivity index (χ0) is 14.3. The summed E-state index contributed by atoms with van der Waals surface area (Å²) >= 11 is 0. The first-order valence-electron chi connectivity index (χ1n) is 6.97. The summed E-state index contributed by atoms with van der Waals surface area (Å²) in [6.07, 6.45) is 1.86. The Morgan fingerprint density at radius 3 is 2.47 bits per heavy atom. The normalized spacial score (nSPS) is 12.0. The first-order valence-corrected chi connectivity index (χ1v) is 6.97. The second kappa shape index (κ2) is 8.24. The number of hydrogen-bond donors (Lipinski definition) is 1. The zero-order valence-corrected chi connectivity index (χ0v) is 12.5. The number of hydrogen-bond acceptors (Lipinski definition) is 5. The Morgan fingerprint density at radius 2 is 1.95 bits per heavy atom. The number of ether oxygens (including phenoxy) is 1. The summed E-state index contributed by atoms with van der Waals surface area (Å²) in [5.41, 5.74) is 6.29. The van der Waals surface area contributed by atoms with Crippen LogP contribution in [0.5, 0.6) is 0 Å². The van der Waals surface area contributed by atoms with E-state index in [1.807, 2.05) is 6.20 Å². The summed E-state index contributed by atoms with van der Waals surface area (Å²) in [4.78, 5) is 2.42. The molecular formula is C13H27N5O. The predicted octanol–water partition coefficient (Wildman–Crippen LogP) is 0.872. The van der Waals surface area contributed by atoms with Crippen LogP contribution < -0.4 is 5.73 Å². The van der Waals surface area contributed by atoms with Crippen molar-refractivity contribution in [3.8, 4) is 0 Å². The smallest absolute Gasteiger partial charge is 0.0962 e. The third-order valence-electron chi connectivity index (χ3n) is 3.08. The van der Waals surface area contributed by atoms with E-state index in [2.05, 4.69) is 42.9 Å². The van der Waals surface area contributed by atoms with Crippen LogP contribution in [0.3, 0.4) is 0 Å². The van der Waals surface area contributed by atoms with Crippen LogP contribution in [0.15, 0.2) is 6.20 Å². The summed E-state index contributed by atoms with van der Waals surface area (Å²) in [5.74, 6) is 0. The summed E-state index contributed by atoms with van der Waals surface area (Å²) in [5, 5.41) is 7.90. The molecule has 0 aliphatic rings. The molecule has 0 aromatic carbocycles. The average molecular weight is 269 g/mol. The molecule has 19 heavy (non-hydrogen) atoms. The molecule has 0 spiro atoms. The van der Waals surface area contributed by atoms with Gasteiger partial charge in [-0.1, -0.05) is 5.21 Å². The topological polar surface area (TPSA) is 69.2 Å².